The number of carbonyl (C=O) groups excluding carboxylic acids is 1. The van der Waals surface area contributed by atoms with Gasteiger partial charge in [-0.3, -0.25) is 4.79 Å². The maximum absolute atomic E-state index is 12.1. The molecule has 0 aliphatic carbocycles. The lowest BCUT2D eigenvalue weighted by atomic mass is 10.2. The van der Waals surface area contributed by atoms with E-state index in [1.54, 1.807) is 12.1 Å². The Hall–Kier alpha value is -1.37. The first kappa shape index (κ1) is 14.0. The van der Waals surface area contributed by atoms with Gasteiger partial charge in [-0.1, -0.05) is 23.2 Å². The van der Waals surface area contributed by atoms with Crippen LogP contribution in [0.4, 0.5) is 11.5 Å². The fraction of sp³-hybridized carbons (Fsp3) is 0. The number of amides is 1. The van der Waals surface area contributed by atoms with Crippen LogP contribution in [-0.4, -0.2) is 15.9 Å². The lowest BCUT2D eigenvalue weighted by molar-refractivity contribution is 0.102. The molecule has 0 aliphatic heterocycles. The van der Waals surface area contributed by atoms with Crippen molar-refractivity contribution in [1.29, 1.82) is 0 Å². The van der Waals surface area contributed by atoms with Crippen molar-refractivity contribution in [3.8, 4) is 0 Å². The van der Waals surface area contributed by atoms with Gasteiger partial charge in [0.2, 0.25) is 0 Å². The van der Waals surface area contributed by atoms with Crippen LogP contribution in [0.15, 0.2) is 29.0 Å². The molecule has 0 unspecified atom stereocenters. The third kappa shape index (κ3) is 3.15. The van der Waals surface area contributed by atoms with Crippen molar-refractivity contribution < 1.29 is 4.79 Å². The molecule has 0 saturated carbocycles. The molecule has 1 heterocycles. The van der Waals surface area contributed by atoms with Gasteiger partial charge < -0.3 is 11.1 Å². The van der Waals surface area contributed by atoms with Crippen LogP contribution < -0.4 is 11.1 Å². The first-order chi connectivity index (χ1) is 8.99. The first-order valence-corrected chi connectivity index (χ1v) is 6.56. The van der Waals surface area contributed by atoms with Gasteiger partial charge in [-0.2, -0.15) is 0 Å². The van der Waals surface area contributed by atoms with Gasteiger partial charge in [-0.25, -0.2) is 9.97 Å². The monoisotopic (exact) mass is 360 g/mol. The second kappa shape index (κ2) is 5.73. The minimum atomic E-state index is -0.407. The molecule has 2 aromatic rings. The highest BCUT2D eigenvalue weighted by atomic mass is 79.9. The summed E-state index contributed by atoms with van der Waals surface area (Å²) in [5, 5.41) is 2.69. The van der Waals surface area contributed by atoms with Crippen molar-refractivity contribution in [3.05, 3.63) is 44.7 Å². The predicted octanol–water partition coefficient (Wildman–Crippen LogP) is 3.38. The van der Waals surface area contributed by atoms with E-state index in [1.165, 1.54) is 12.4 Å². The molecule has 3 N–H and O–H groups in total. The number of halogens is 3. The number of carbonyl (C=O) groups is 1. The number of anilines is 2. The maximum atomic E-state index is 12.1. The molecule has 1 aromatic heterocycles. The van der Waals surface area contributed by atoms with Gasteiger partial charge in [0.1, 0.15) is 11.3 Å². The zero-order chi connectivity index (χ0) is 14.0. The molecule has 2 rings (SSSR count). The first-order valence-electron chi connectivity index (χ1n) is 5.01. The number of benzene rings is 1. The third-order valence-electron chi connectivity index (χ3n) is 2.21. The summed E-state index contributed by atoms with van der Waals surface area (Å²) in [4.78, 5) is 19.6. The number of nitrogen functional groups attached to an aromatic ring is 1. The highest BCUT2D eigenvalue weighted by molar-refractivity contribution is 9.10. The van der Waals surface area contributed by atoms with Gasteiger partial charge in [0.15, 0.2) is 11.0 Å². The van der Waals surface area contributed by atoms with Crippen LogP contribution in [0.25, 0.3) is 0 Å². The van der Waals surface area contributed by atoms with Gasteiger partial charge in [0.25, 0.3) is 5.91 Å². The topological polar surface area (TPSA) is 80.9 Å². The minimum absolute atomic E-state index is 0.0682. The number of nitrogens with zero attached hydrogens (tertiary/aromatic N) is 2. The highest BCUT2D eigenvalue weighted by Crippen LogP contribution is 2.27. The summed E-state index contributed by atoms with van der Waals surface area (Å²) < 4.78 is 0.607. The van der Waals surface area contributed by atoms with Crippen LogP contribution in [0.2, 0.25) is 10.2 Å². The molecule has 0 bridgehead atoms. The van der Waals surface area contributed by atoms with Gasteiger partial charge in [-0.15, -0.1) is 0 Å². The van der Waals surface area contributed by atoms with Crippen molar-refractivity contribution in [2.75, 3.05) is 11.1 Å². The van der Waals surface area contributed by atoms with E-state index in [2.05, 4.69) is 31.2 Å². The van der Waals surface area contributed by atoms with E-state index in [-0.39, 0.29) is 16.0 Å². The van der Waals surface area contributed by atoms with Crippen molar-refractivity contribution in [3.63, 3.8) is 0 Å². The Morgan fingerprint density at radius 2 is 2.05 bits per heavy atom. The average Bonchev–Trinajstić information content (AvgIpc) is 2.38. The van der Waals surface area contributed by atoms with E-state index in [0.717, 1.165) is 0 Å². The smallest absolute Gasteiger partial charge is 0.258 e. The Bertz CT molecular complexity index is 651. The fourth-order valence-corrected chi connectivity index (χ4v) is 2.03. The molecule has 0 aliphatic rings. The average molecular weight is 362 g/mol. The molecular formula is C11H7BrCl2N4O. The Morgan fingerprint density at radius 3 is 2.79 bits per heavy atom. The molecule has 19 heavy (non-hydrogen) atoms. The summed E-state index contributed by atoms with van der Waals surface area (Å²) >= 11 is 14.9. The Kier molecular flexibility index (Phi) is 4.24. The zero-order valence-electron chi connectivity index (χ0n) is 9.32. The number of hydrogen-bond donors (Lipinski definition) is 2. The molecule has 1 amide bonds. The van der Waals surface area contributed by atoms with Gasteiger partial charge >= 0.3 is 0 Å². The molecule has 0 fully saturated rings. The zero-order valence-corrected chi connectivity index (χ0v) is 12.4. The third-order valence-corrected chi connectivity index (χ3v) is 3.65. The lowest BCUT2D eigenvalue weighted by Crippen LogP contribution is -2.14. The van der Waals surface area contributed by atoms with E-state index < -0.39 is 5.91 Å². The summed E-state index contributed by atoms with van der Waals surface area (Å²) in [6, 6.07) is 4.89. The molecule has 98 valence electrons. The second-order valence-electron chi connectivity index (χ2n) is 3.52. The van der Waals surface area contributed by atoms with E-state index in [4.69, 9.17) is 28.9 Å². The SMILES string of the molecule is Nc1ccc(Br)c(C(=O)Nc2ncnc(Cl)c2Cl)c1. The fourth-order valence-electron chi connectivity index (χ4n) is 1.33. The summed E-state index contributed by atoms with van der Waals surface area (Å²) in [5.41, 5.74) is 6.48. The summed E-state index contributed by atoms with van der Waals surface area (Å²) in [7, 11) is 0. The molecule has 0 radical (unpaired) electrons. The summed E-state index contributed by atoms with van der Waals surface area (Å²) in [5.74, 6) is -0.267. The number of aromatic nitrogens is 2. The Morgan fingerprint density at radius 1 is 1.32 bits per heavy atom. The quantitative estimate of drug-likeness (QED) is 0.634. The highest BCUT2D eigenvalue weighted by Gasteiger charge is 2.14. The Labute approximate surface area is 127 Å². The molecule has 0 spiro atoms. The predicted molar refractivity (Wildman–Crippen MR) is 78.6 cm³/mol. The van der Waals surface area contributed by atoms with Gasteiger partial charge in [0.05, 0.1) is 5.56 Å². The summed E-state index contributed by atoms with van der Waals surface area (Å²) in [6.45, 7) is 0. The second-order valence-corrected chi connectivity index (χ2v) is 5.11. The molecular weight excluding hydrogens is 355 g/mol. The van der Waals surface area contributed by atoms with Crippen LogP contribution in [0.1, 0.15) is 10.4 Å². The van der Waals surface area contributed by atoms with Crippen LogP contribution in [0.5, 0.6) is 0 Å². The minimum Gasteiger partial charge on any atom is -0.399 e. The largest absolute Gasteiger partial charge is 0.399 e. The molecule has 8 heteroatoms. The number of rotatable bonds is 2. The number of nitrogens with one attached hydrogen (secondary N) is 1. The molecule has 1 aromatic carbocycles. The molecule has 0 atom stereocenters. The van der Waals surface area contributed by atoms with Crippen LogP contribution in [0, 0.1) is 0 Å². The number of hydrogen-bond acceptors (Lipinski definition) is 4. The standard InChI is InChI=1S/C11H7BrCl2N4O/c12-7-2-1-5(15)3-6(7)11(19)18-10-8(13)9(14)16-4-17-10/h1-4H,15H2,(H,16,17,18,19). The van der Waals surface area contributed by atoms with Crippen LogP contribution in [0.3, 0.4) is 0 Å². The summed E-state index contributed by atoms with van der Waals surface area (Å²) in [6.07, 6.45) is 1.21. The van der Waals surface area contributed by atoms with Crippen molar-refractivity contribution in [2.45, 2.75) is 0 Å². The van der Waals surface area contributed by atoms with Gasteiger partial charge in [0, 0.05) is 10.2 Å². The Balaban J connectivity index is 2.31. The van der Waals surface area contributed by atoms with Crippen LogP contribution >= 0.6 is 39.1 Å². The van der Waals surface area contributed by atoms with Crippen molar-refractivity contribution in [1.82, 2.24) is 9.97 Å². The normalized spacial score (nSPS) is 10.3. The van der Waals surface area contributed by atoms with E-state index in [9.17, 15) is 4.79 Å². The molecule has 0 saturated heterocycles. The van der Waals surface area contributed by atoms with E-state index in [0.29, 0.717) is 15.7 Å². The van der Waals surface area contributed by atoms with Crippen molar-refractivity contribution in [2.24, 2.45) is 0 Å². The van der Waals surface area contributed by atoms with Crippen molar-refractivity contribution >= 4 is 56.5 Å². The lowest BCUT2D eigenvalue weighted by Gasteiger charge is -2.08. The van der Waals surface area contributed by atoms with E-state index >= 15 is 0 Å². The number of nitrogens with two attached hydrogens (primary N) is 1. The van der Waals surface area contributed by atoms with E-state index in [1.807, 2.05) is 0 Å². The molecule has 5 nitrogen and oxygen atoms in total. The van der Waals surface area contributed by atoms with Gasteiger partial charge in [-0.05, 0) is 34.1 Å². The maximum Gasteiger partial charge on any atom is 0.258 e. The van der Waals surface area contributed by atoms with Crippen LogP contribution in [-0.2, 0) is 0 Å².